The summed E-state index contributed by atoms with van der Waals surface area (Å²) < 4.78 is 4.42. The van der Waals surface area contributed by atoms with Crippen molar-refractivity contribution in [2.75, 3.05) is 17.7 Å². The minimum absolute atomic E-state index is 0.164. The monoisotopic (exact) mass is 410 g/mol. The van der Waals surface area contributed by atoms with Gasteiger partial charge in [-0.05, 0) is 12.1 Å². The molecule has 12 nitrogen and oxygen atoms in total. The number of rotatable bonds is 5. The van der Waals surface area contributed by atoms with Crippen molar-refractivity contribution in [3.63, 3.8) is 0 Å². The number of amides is 2. The zero-order valence-corrected chi connectivity index (χ0v) is 15.4. The zero-order valence-electron chi connectivity index (χ0n) is 15.4. The third-order valence-electron chi connectivity index (χ3n) is 3.72. The molecule has 3 aromatic rings. The molecule has 152 valence electrons. The Morgan fingerprint density at radius 2 is 1.37 bits per heavy atom. The molecular weight excluding hydrogens is 396 g/mol. The van der Waals surface area contributed by atoms with Crippen LogP contribution in [-0.2, 0) is 4.74 Å². The molecule has 0 radical (unpaired) electrons. The highest BCUT2D eigenvalue weighted by molar-refractivity contribution is 6.04. The lowest BCUT2D eigenvalue weighted by atomic mass is 10.2. The smallest absolute Gasteiger partial charge is 0.374 e. The maximum atomic E-state index is 12.2. The predicted octanol–water partition coefficient (Wildman–Crippen LogP) is 0.144. The van der Waals surface area contributed by atoms with Crippen molar-refractivity contribution in [1.82, 2.24) is 19.9 Å². The minimum atomic E-state index is -0.911. The maximum absolute atomic E-state index is 12.2. The molecule has 2 heterocycles. The second kappa shape index (κ2) is 8.60. The Morgan fingerprint density at radius 3 is 1.93 bits per heavy atom. The Hall–Kier alpha value is -4.61. The zero-order chi connectivity index (χ0) is 21.7. The van der Waals surface area contributed by atoms with Crippen molar-refractivity contribution in [2.45, 2.75) is 0 Å². The fourth-order valence-electron chi connectivity index (χ4n) is 2.25. The molecule has 0 aliphatic rings. The van der Waals surface area contributed by atoms with E-state index in [1.54, 1.807) is 30.3 Å². The molecule has 0 bridgehead atoms. The second-order valence-corrected chi connectivity index (χ2v) is 5.72. The SMILES string of the molecule is COC(=O)c1ncc(NC(=O)c2ncc(NC(=O)c3ccccc3)c(=O)[nH]2)c(=O)[nH]1. The summed E-state index contributed by atoms with van der Waals surface area (Å²) in [5.41, 5.74) is -1.69. The highest BCUT2D eigenvalue weighted by atomic mass is 16.5. The minimum Gasteiger partial charge on any atom is -0.463 e. The van der Waals surface area contributed by atoms with E-state index in [1.165, 1.54) is 0 Å². The number of aromatic amines is 2. The van der Waals surface area contributed by atoms with E-state index >= 15 is 0 Å². The first-order chi connectivity index (χ1) is 14.4. The van der Waals surface area contributed by atoms with Gasteiger partial charge in [-0.2, -0.15) is 0 Å². The van der Waals surface area contributed by atoms with Gasteiger partial charge in [0.15, 0.2) is 5.82 Å². The van der Waals surface area contributed by atoms with E-state index in [-0.39, 0.29) is 17.2 Å². The Labute approximate surface area is 167 Å². The van der Waals surface area contributed by atoms with Gasteiger partial charge in [0.05, 0.1) is 19.5 Å². The van der Waals surface area contributed by atoms with E-state index in [4.69, 9.17) is 0 Å². The number of nitrogens with zero attached hydrogens (tertiary/aromatic N) is 2. The molecule has 1 aromatic carbocycles. The molecular formula is C18H14N6O6. The largest absolute Gasteiger partial charge is 0.463 e. The summed E-state index contributed by atoms with van der Waals surface area (Å²) in [5.74, 6) is -3.04. The highest BCUT2D eigenvalue weighted by Crippen LogP contribution is 2.05. The first-order valence-electron chi connectivity index (χ1n) is 8.33. The van der Waals surface area contributed by atoms with Crippen LogP contribution in [0.2, 0.25) is 0 Å². The van der Waals surface area contributed by atoms with Crippen molar-refractivity contribution in [1.29, 1.82) is 0 Å². The van der Waals surface area contributed by atoms with Gasteiger partial charge < -0.3 is 20.4 Å². The first-order valence-corrected chi connectivity index (χ1v) is 8.33. The van der Waals surface area contributed by atoms with Gasteiger partial charge >= 0.3 is 5.97 Å². The number of H-pyrrole nitrogens is 2. The molecule has 12 heteroatoms. The van der Waals surface area contributed by atoms with Gasteiger partial charge in [0.1, 0.15) is 11.4 Å². The van der Waals surface area contributed by atoms with E-state index in [9.17, 15) is 24.0 Å². The maximum Gasteiger partial charge on any atom is 0.374 e. The van der Waals surface area contributed by atoms with Crippen LogP contribution in [0.3, 0.4) is 0 Å². The topological polar surface area (TPSA) is 176 Å². The fourth-order valence-corrected chi connectivity index (χ4v) is 2.25. The summed E-state index contributed by atoms with van der Waals surface area (Å²) in [4.78, 5) is 71.6. The summed E-state index contributed by atoms with van der Waals surface area (Å²) in [6, 6.07) is 8.20. The molecule has 0 atom stereocenters. The molecule has 2 aromatic heterocycles. The Bertz CT molecular complexity index is 1230. The average Bonchev–Trinajstić information content (AvgIpc) is 2.76. The summed E-state index contributed by atoms with van der Waals surface area (Å²) in [7, 11) is 1.12. The van der Waals surface area contributed by atoms with Crippen LogP contribution in [0.5, 0.6) is 0 Å². The van der Waals surface area contributed by atoms with Crippen LogP contribution in [0.15, 0.2) is 52.3 Å². The van der Waals surface area contributed by atoms with E-state index in [0.717, 1.165) is 19.5 Å². The predicted molar refractivity (Wildman–Crippen MR) is 103 cm³/mol. The van der Waals surface area contributed by atoms with Crippen LogP contribution in [0.1, 0.15) is 31.6 Å². The molecule has 0 unspecified atom stereocenters. The molecule has 0 fully saturated rings. The molecule has 0 saturated carbocycles. The van der Waals surface area contributed by atoms with Gasteiger partial charge in [-0.15, -0.1) is 0 Å². The van der Waals surface area contributed by atoms with Gasteiger partial charge in [-0.3, -0.25) is 24.2 Å². The molecule has 4 N–H and O–H groups in total. The van der Waals surface area contributed by atoms with E-state index < -0.39 is 34.7 Å². The van der Waals surface area contributed by atoms with Gasteiger partial charge in [0, 0.05) is 5.56 Å². The summed E-state index contributed by atoms with van der Waals surface area (Å²) in [6.07, 6.45) is 1.97. The van der Waals surface area contributed by atoms with Crippen molar-refractivity contribution in [3.05, 3.63) is 80.6 Å². The number of hydrogen-bond donors (Lipinski definition) is 4. The Balaban J connectivity index is 1.74. The van der Waals surface area contributed by atoms with Crippen molar-refractivity contribution >= 4 is 29.2 Å². The highest BCUT2D eigenvalue weighted by Gasteiger charge is 2.16. The van der Waals surface area contributed by atoms with Crippen LogP contribution in [0.4, 0.5) is 11.4 Å². The van der Waals surface area contributed by atoms with Crippen molar-refractivity contribution < 1.29 is 19.1 Å². The number of hydrogen-bond acceptors (Lipinski definition) is 8. The lowest BCUT2D eigenvalue weighted by Crippen LogP contribution is -2.27. The van der Waals surface area contributed by atoms with E-state index in [2.05, 4.69) is 35.3 Å². The van der Waals surface area contributed by atoms with Crippen molar-refractivity contribution in [2.24, 2.45) is 0 Å². The molecule has 2 amide bonds. The number of carbonyl (C=O) groups excluding carboxylic acids is 3. The summed E-state index contributed by atoms with van der Waals surface area (Å²) >= 11 is 0. The quantitative estimate of drug-likeness (QED) is 0.429. The number of nitrogens with one attached hydrogen (secondary N) is 4. The van der Waals surface area contributed by atoms with Crippen LogP contribution in [0, 0.1) is 0 Å². The Morgan fingerprint density at radius 1 is 0.833 bits per heavy atom. The number of ether oxygens (including phenoxy) is 1. The van der Waals surface area contributed by atoms with Gasteiger partial charge in [0.25, 0.3) is 22.9 Å². The number of carbonyl (C=O) groups is 3. The second-order valence-electron chi connectivity index (χ2n) is 5.72. The Kier molecular flexibility index (Phi) is 5.77. The van der Waals surface area contributed by atoms with E-state index in [0.29, 0.717) is 5.56 Å². The molecule has 0 aliphatic carbocycles. The summed E-state index contributed by atoms with van der Waals surface area (Å²) in [5, 5.41) is 4.59. The number of esters is 1. The first kappa shape index (κ1) is 20.1. The average molecular weight is 410 g/mol. The van der Waals surface area contributed by atoms with Crippen LogP contribution in [0.25, 0.3) is 0 Å². The third kappa shape index (κ3) is 4.44. The third-order valence-corrected chi connectivity index (χ3v) is 3.72. The number of benzene rings is 1. The molecule has 30 heavy (non-hydrogen) atoms. The molecule has 0 spiro atoms. The van der Waals surface area contributed by atoms with Crippen molar-refractivity contribution in [3.8, 4) is 0 Å². The number of aromatic nitrogens is 4. The van der Waals surface area contributed by atoms with Crippen LogP contribution < -0.4 is 21.8 Å². The van der Waals surface area contributed by atoms with Crippen LogP contribution >= 0.6 is 0 Å². The number of anilines is 2. The van der Waals surface area contributed by atoms with Gasteiger partial charge in [0.2, 0.25) is 5.82 Å². The van der Waals surface area contributed by atoms with E-state index in [1.807, 2.05) is 0 Å². The molecule has 0 aliphatic heterocycles. The molecule has 0 saturated heterocycles. The lowest BCUT2D eigenvalue weighted by molar-refractivity contribution is 0.0586. The van der Waals surface area contributed by atoms with Gasteiger partial charge in [-0.25, -0.2) is 14.8 Å². The lowest BCUT2D eigenvalue weighted by Gasteiger charge is -2.06. The molecule has 3 rings (SSSR count). The number of methoxy groups -OCH3 is 1. The normalized spacial score (nSPS) is 10.2. The summed E-state index contributed by atoms with van der Waals surface area (Å²) in [6.45, 7) is 0. The van der Waals surface area contributed by atoms with Gasteiger partial charge in [-0.1, -0.05) is 18.2 Å². The standard InChI is InChI=1S/C18H14N6O6/c1-30-18(29)13-20-8-11(16(27)24-13)22-17(28)12-19-7-10(15(26)23-12)21-14(25)9-5-3-2-4-6-9/h2-8H,1H3,(H,21,25)(H,22,28)(H,19,23,26)(H,20,24,27). The van der Waals surface area contributed by atoms with Crippen LogP contribution in [-0.4, -0.2) is 44.8 Å². The fraction of sp³-hybridized carbons (Fsp3) is 0.0556.